The fourth-order valence-electron chi connectivity index (χ4n) is 0.809. The van der Waals surface area contributed by atoms with Gasteiger partial charge in [0.25, 0.3) is 0 Å². The summed E-state index contributed by atoms with van der Waals surface area (Å²) in [6.45, 7) is 0. The first-order chi connectivity index (χ1) is 5.38. The molecule has 3 heteroatoms. The summed E-state index contributed by atoms with van der Waals surface area (Å²) in [5.74, 6) is 2.50. The fraction of sp³-hybridized carbons (Fsp3) is 0.375. The third-order valence-corrected chi connectivity index (χ3v) is 2.33. The summed E-state index contributed by atoms with van der Waals surface area (Å²) >= 11 is 1.58. The average Bonchev–Trinajstić information content (AvgIpc) is 2.68. The van der Waals surface area contributed by atoms with Crippen LogP contribution in [0.1, 0.15) is 18.5 Å². The molecule has 1 N–H and O–H groups in total. The molecule has 2 nitrogen and oxygen atoms in total. The maximum Gasteiger partial charge on any atom is 0.184 e. The van der Waals surface area contributed by atoms with E-state index in [4.69, 9.17) is 6.42 Å². The molecule has 1 saturated carbocycles. The van der Waals surface area contributed by atoms with Crippen LogP contribution in [0.15, 0.2) is 5.38 Å². The minimum atomic E-state index is 0.659. The summed E-state index contributed by atoms with van der Waals surface area (Å²) in [6.07, 6.45) is 7.71. The molecular formula is C8H8N2S. The van der Waals surface area contributed by atoms with E-state index < -0.39 is 0 Å². The van der Waals surface area contributed by atoms with Gasteiger partial charge in [0.2, 0.25) is 0 Å². The molecule has 1 aromatic rings. The second-order valence-electron chi connectivity index (χ2n) is 2.60. The highest BCUT2D eigenvalue weighted by atomic mass is 32.1. The van der Waals surface area contributed by atoms with E-state index in [1.807, 2.05) is 5.38 Å². The van der Waals surface area contributed by atoms with Crippen LogP contribution in [0.2, 0.25) is 0 Å². The van der Waals surface area contributed by atoms with E-state index in [9.17, 15) is 0 Å². The summed E-state index contributed by atoms with van der Waals surface area (Å²) in [7, 11) is 0. The molecule has 0 atom stereocenters. The predicted molar refractivity (Wildman–Crippen MR) is 46.7 cm³/mol. The van der Waals surface area contributed by atoms with Crippen molar-refractivity contribution < 1.29 is 0 Å². The van der Waals surface area contributed by atoms with Crippen LogP contribution in [0.4, 0.5) is 5.13 Å². The van der Waals surface area contributed by atoms with Gasteiger partial charge >= 0.3 is 0 Å². The molecule has 0 saturated heterocycles. The third-order valence-electron chi connectivity index (χ3n) is 1.56. The molecule has 1 heterocycles. The molecule has 0 aromatic carbocycles. The highest BCUT2D eigenvalue weighted by molar-refractivity contribution is 7.13. The van der Waals surface area contributed by atoms with E-state index in [1.54, 1.807) is 11.3 Å². The molecule has 1 aromatic heterocycles. The fourth-order valence-corrected chi connectivity index (χ4v) is 1.54. The normalized spacial score (nSPS) is 15.9. The summed E-state index contributed by atoms with van der Waals surface area (Å²) in [4.78, 5) is 4.18. The Kier molecular flexibility index (Phi) is 1.55. The lowest BCUT2D eigenvalue weighted by Gasteiger charge is -1.94. The van der Waals surface area contributed by atoms with Crippen molar-refractivity contribution in [1.29, 1.82) is 0 Å². The number of terminal acetylenes is 1. The van der Waals surface area contributed by atoms with E-state index >= 15 is 0 Å². The van der Waals surface area contributed by atoms with Crippen LogP contribution in [-0.2, 0) is 0 Å². The van der Waals surface area contributed by atoms with Gasteiger partial charge in [-0.3, -0.25) is 0 Å². The van der Waals surface area contributed by atoms with Crippen LogP contribution in [0.5, 0.6) is 0 Å². The number of nitrogens with zero attached hydrogens (tertiary/aromatic N) is 1. The van der Waals surface area contributed by atoms with Gasteiger partial charge in [0.05, 0.1) is 0 Å². The number of thiazole rings is 1. The Balaban J connectivity index is 2.07. The molecule has 0 radical (unpaired) electrons. The van der Waals surface area contributed by atoms with Crippen molar-refractivity contribution in [3.63, 3.8) is 0 Å². The smallest absolute Gasteiger partial charge is 0.184 e. The Morgan fingerprint density at radius 1 is 1.73 bits per heavy atom. The van der Waals surface area contributed by atoms with Gasteiger partial charge < -0.3 is 5.32 Å². The number of rotatable bonds is 2. The Labute approximate surface area is 69.7 Å². The zero-order valence-corrected chi connectivity index (χ0v) is 6.82. The van der Waals surface area contributed by atoms with Gasteiger partial charge in [-0.1, -0.05) is 0 Å². The first kappa shape index (κ1) is 6.68. The predicted octanol–water partition coefficient (Wildman–Crippen LogP) is 1.70. The quantitative estimate of drug-likeness (QED) is 0.673. The van der Waals surface area contributed by atoms with Gasteiger partial charge in [-0.2, -0.15) is 0 Å². The van der Waals surface area contributed by atoms with E-state index in [0.717, 1.165) is 10.8 Å². The highest BCUT2D eigenvalue weighted by Gasteiger charge is 2.21. The minimum Gasteiger partial charge on any atom is -0.359 e. The molecule has 56 valence electrons. The molecular weight excluding hydrogens is 156 g/mol. The van der Waals surface area contributed by atoms with Gasteiger partial charge in [-0.25, -0.2) is 4.98 Å². The van der Waals surface area contributed by atoms with Crippen molar-refractivity contribution in [3.8, 4) is 12.3 Å². The third kappa shape index (κ3) is 1.52. The Morgan fingerprint density at radius 3 is 3.09 bits per heavy atom. The standard InChI is InChI=1S/C8H8N2S/c1-2-6-5-11-8(9-6)10-7-3-4-7/h1,5,7H,3-4H2,(H,9,10). The monoisotopic (exact) mass is 164 g/mol. The van der Waals surface area contributed by atoms with Crippen molar-refractivity contribution in [1.82, 2.24) is 4.98 Å². The van der Waals surface area contributed by atoms with E-state index in [0.29, 0.717) is 6.04 Å². The summed E-state index contributed by atoms with van der Waals surface area (Å²) in [6, 6.07) is 0.659. The van der Waals surface area contributed by atoms with Crippen molar-refractivity contribution in [3.05, 3.63) is 11.1 Å². The zero-order valence-electron chi connectivity index (χ0n) is 6.00. The van der Waals surface area contributed by atoms with Gasteiger partial charge in [0.1, 0.15) is 5.69 Å². The Morgan fingerprint density at radius 2 is 2.55 bits per heavy atom. The summed E-state index contributed by atoms with van der Waals surface area (Å²) in [5.41, 5.74) is 0.734. The molecule has 11 heavy (non-hydrogen) atoms. The van der Waals surface area contributed by atoms with Crippen molar-refractivity contribution in [2.75, 3.05) is 5.32 Å². The van der Waals surface area contributed by atoms with Crippen LogP contribution in [0.25, 0.3) is 0 Å². The maximum absolute atomic E-state index is 5.18. The number of nitrogens with one attached hydrogen (secondary N) is 1. The van der Waals surface area contributed by atoms with Crippen LogP contribution in [0, 0.1) is 12.3 Å². The first-order valence-corrected chi connectivity index (χ1v) is 4.45. The molecule has 0 unspecified atom stereocenters. The molecule has 2 rings (SSSR count). The zero-order chi connectivity index (χ0) is 7.68. The van der Waals surface area contributed by atoms with Gasteiger partial charge in [0, 0.05) is 11.4 Å². The number of anilines is 1. The average molecular weight is 164 g/mol. The van der Waals surface area contributed by atoms with Crippen molar-refractivity contribution in [2.24, 2.45) is 0 Å². The molecule has 0 aliphatic heterocycles. The molecule has 0 amide bonds. The first-order valence-electron chi connectivity index (χ1n) is 3.57. The maximum atomic E-state index is 5.18. The van der Waals surface area contributed by atoms with Gasteiger partial charge in [-0.05, 0) is 18.8 Å². The molecule has 1 fully saturated rings. The van der Waals surface area contributed by atoms with Crippen LogP contribution >= 0.6 is 11.3 Å². The Bertz CT molecular complexity index is 293. The lowest BCUT2D eigenvalue weighted by atomic mass is 10.5. The lowest BCUT2D eigenvalue weighted by Crippen LogP contribution is -1.99. The van der Waals surface area contributed by atoms with Crippen LogP contribution < -0.4 is 5.32 Å². The SMILES string of the molecule is C#Cc1csc(NC2CC2)n1. The van der Waals surface area contributed by atoms with Crippen LogP contribution in [-0.4, -0.2) is 11.0 Å². The second kappa shape index (κ2) is 2.55. The Hall–Kier alpha value is -1.01. The molecule has 1 aliphatic rings. The minimum absolute atomic E-state index is 0.659. The topological polar surface area (TPSA) is 24.9 Å². The van der Waals surface area contributed by atoms with Crippen molar-refractivity contribution in [2.45, 2.75) is 18.9 Å². The number of aromatic nitrogens is 1. The number of hydrogen-bond acceptors (Lipinski definition) is 3. The second-order valence-corrected chi connectivity index (χ2v) is 3.46. The molecule has 1 aliphatic carbocycles. The molecule has 0 bridgehead atoms. The summed E-state index contributed by atoms with van der Waals surface area (Å²) < 4.78 is 0. The van der Waals surface area contributed by atoms with Crippen molar-refractivity contribution >= 4 is 16.5 Å². The van der Waals surface area contributed by atoms with E-state index in [1.165, 1.54) is 12.8 Å². The van der Waals surface area contributed by atoms with E-state index in [-0.39, 0.29) is 0 Å². The highest BCUT2D eigenvalue weighted by Crippen LogP contribution is 2.26. The largest absolute Gasteiger partial charge is 0.359 e. The van der Waals surface area contributed by atoms with Gasteiger partial charge in [-0.15, -0.1) is 17.8 Å². The summed E-state index contributed by atoms with van der Waals surface area (Å²) in [5, 5.41) is 6.13. The molecule has 0 spiro atoms. The number of hydrogen-bond donors (Lipinski definition) is 1. The van der Waals surface area contributed by atoms with E-state index in [2.05, 4.69) is 16.2 Å². The van der Waals surface area contributed by atoms with Crippen LogP contribution in [0.3, 0.4) is 0 Å². The lowest BCUT2D eigenvalue weighted by molar-refractivity contribution is 1.14. The van der Waals surface area contributed by atoms with Gasteiger partial charge in [0.15, 0.2) is 5.13 Å².